The van der Waals surface area contributed by atoms with E-state index in [9.17, 15) is 9.59 Å². The highest BCUT2D eigenvalue weighted by Gasteiger charge is 2.31. The van der Waals surface area contributed by atoms with E-state index in [2.05, 4.69) is 31.1 Å². The van der Waals surface area contributed by atoms with Crippen molar-refractivity contribution in [3.05, 3.63) is 26.6 Å². The van der Waals surface area contributed by atoms with E-state index >= 15 is 0 Å². The number of fused-ring (bicyclic) bond motifs is 3. The zero-order chi connectivity index (χ0) is 19.9. The molecule has 0 aromatic carbocycles. The van der Waals surface area contributed by atoms with Crippen LogP contribution in [0.1, 0.15) is 75.6 Å². The summed E-state index contributed by atoms with van der Waals surface area (Å²) in [6.07, 6.45) is 8.57. The molecule has 1 amide bonds. The van der Waals surface area contributed by atoms with Crippen LogP contribution in [-0.2, 0) is 24.1 Å². The van der Waals surface area contributed by atoms with Gasteiger partial charge in [0.1, 0.15) is 10.7 Å². The number of aromatic amines is 1. The lowest BCUT2D eigenvalue weighted by atomic mass is 9.72. The van der Waals surface area contributed by atoms with Crippen molar-refractivity contribution < 1.29 is 4.79 Å². The van der Waals surface area contributed by atoms with E-state index in [0.29, 0.717) is 30.6 Å². The molecule has 2 heterocycles. The highest BCUT2D eigenvalue weighted by atomic mass is 32.1. The van der Waals surface area contributed by atoms with Crippen molar-refractivity contribution in [3.63, 3.8) is 0 Å². The number of carbonyl (C=O) groups is 1. The Bertz CT molecular complexity index is 932. The fraction of sp³-hybridized carbons (Fsp3) is 0.682. The Morgan fingerprint density at radius 1 is 1.25 bits per heavy atom. The van der Waals surface area contributed by atoms with Crippen LogP contribution in [0.15, 0.2) is 4.79 Å². The van der Waals surface area contributed by atoms with Gasteiger partial charge in [0, 0.05) is 23.8 Å². The minimum absolute atomic E-state index is 0.0390. The third-order valence-electron chi connectivity index (χ3n) is 6.50. The van der Waals surface area contributed by atoms with Crippen molar-refractivity contribution in [3.8, 4) is 0 Å². The highest BCUT2D eigenvalue weighted by Crippen LogP contribution is 2.41. The molecule has 2 aromatic rings. The van der Waals surface area contributed by atoms with Gasteiger partial charge in [-0.3, -0.25) is 9.59 Å². The van der Waals surface area contributed by atoms with E-state index in [1.54, 1.807) is 11.3 Å². The summed E-state index contributed by atoms with van der Waals surface area (Å²) in [5.41, 5.74) is 1.45. The van der Waals surface area contributed by atoms with Crippen molar-refractivity contribution in [1.29, 1.82) is 0 Å². The number of hydrogen-bond donors (Lipinski definition) is 2. The zero-order valence-corrected chi connectivity index (χ0v) is 18.0. The van der Waals surface area contributed by atoms with Gasteiger partial charge in [0.05, 0.1) is 5.39 Å². The molecule has 28 heavy (non-hydrogen) atoms. The molecular formula is C22H31N3O2S. The standard InChI is InChI=1S/C22H31N3O2S/c1-22(2,3)13-8-9-15-16(12-13)28-21-19(15)20(27)24-17(25-21)10-11-18(26)23-14-6-4-5-7-14/h13-14H,4-12H2,1-3H3,(H,23,26)(H,24,25,27)/t13-/m1/s1. The fourth-order valence-corrected chi connectivity index (χ4v) is 6.01. The molecule has 6 heteroatoms. The van der Waals surface area contributed by atoms with Crippen LogP contribution < -0.4 is 10.9 Å². The SMILES string of the molecule is CC(C)(C)[C@@H]1CCc2c(sc3nc(CCC(=O)NC4CCCC4)[nH]c(=O)c23)C1. The van der Waals surface area contributed by atoms with Crippen molar-refractivity contribution in [1.82, 2.24) is 15.3 Å². The van der Waals surface area contributed by atoms with Crippen LogP contribution in [-0.4, -0.2) is 21.9 Å². The molecule has 2 aliphatic rings. The highest BCUT2D eigenvalue weighted by molar-refractivity contribution is 7.18. The second kappa shape index (κ2) is 7.62. The van der Waals surface area contributed by atoms with Crippen molar-refractivity contribution in [2.24, 2.45) is 11.3 Å². The molecule has 0 saturated heterocycles. The summed E-state index contributed by atoms with van der Waals surface area (Å²) in [6, 6.07) is 0.335. The van der Waals surface area contributed by atoms with Crippen LogP contribution in [0.3, 0.4) is 0 Å². The predicted molar refractivity (Wildman–Crippen MR) is 114 cm³/mol. The predicted octanol–water partition coefficient (Wildman–Crippen LogP) is 4.13. The Hall–Kier alpha value is -1.69. The summed E-state index contributed by atoms with van der Waals surface area (Å²) in [5, 5.41) is 3.89. The quantitative estimate of drug-likeness (QED) is 0.809. The van der Waals surface area contributed by atoms with Gasteiger partial charge in [-0.15, -0.1) is 11.3 Å². The first-order valence-corrected chi connectivity index (χ1v) is 11.5. The van der Waals surface area contributed by atoms with Gasteiger partial charge in [-0.1, -0.05) is 33.6 Å². The summed E-state index contributed by atoms with van der Waals surface area (Å²) in [4.78, 5) is 34.7. The van der Waals surface area contributed by atoms with Gasteiger partial charge in [-0.05, 0) is 49.0 Å². The summed E-state index contributed by atoms with van der Waals surface area (Å²) in [5.74, 6) is 1.34. The number of hydrogen-bond acceptors (Lipinski definition) is 4. The lowest BCUT2D eigenvalue weighted by Crippen LogP contribution is -2.32. The van der Waals surface area contributed by atoms with Crippen molar-refractivity contribution in [2.75, 3.05) is 0 Å². The summed E-state index contributed by atoms with van der Waals surface area (Å²) >= 11 is 1.68. The van der Waals surface area contributed by atoms with Crippen LogP contribution in [0.2, 0.25) is 0 Å². The van der Waals surface area contributed by atoms with Gasteiger partial charge in [-0.25, -0.2) is 4.98 Å². The van der Waals surface area contributed by atoms with E-state index in [1.165, 1.54) is 23.3 Å². The van der Waals surface area contributed by atoms with Gasteiger partial charge < -0.3 is 10.3 Å². The molecule has 0 radical (unpaired) electrons. The van der Waals surface area contributed by atoms with Crippen molar-refractivity contribution >= 4 is 27.5 Å². The molecule has 1 atom stereocenters. The molecule has 2 aliphatic carbocycles. The Morgan fingerprint density at radius 3 is 2.71 bits per heavy atom. The number of aryl methyl sites for hydroxylation is 2. The van der Waals surface area contributed by atoms with E-state index in [-0.39, 0.29) is 16.9 Å². The van der Waals surface area contributed by atoms with Crippen LogP contribution in [0.25, 0.3) is 10.2 Å². The van der Waals surface area contributed by atoms with Gasteiger partial charge in [0.25, 0.3) is 5.56 Å². The topological polar surface area (TPSA) is 74.8 Å². The lowest BCUT2D eigenvalue weighted by molar-refractivity contribution is -0.121. The fourth-order valence-electron chi connectivity index (χ4n) is 4.69. The van der Waals surface area contributed by atoms with Crippen LogP contribution >= 0.6 is 11.3 Å². The van der Waals surface area contributed by atoms with Gasteiger partial charge in [0.2, 0.25) is 5.91 Å². The van der Waals surface area contributed by atoms with E-state index < -0.39 is 0 Å². The Balaban J connectivity index is 1.49. The summed E-state index contributed by atoms with van der Waals surface area (Å²) in [6.45, 7) is 6.90. The minimum atomic E-state index is -0.0390. The molecule has 1 saturated carbocycles. The number of aromatic nitrogens is 2. The number of nitrogens with one attached hydrogen (secondary N) is 2. The Labute approximate surface area is 170 Å². The Kier molecular flexibility index (Phi) is 5.34. The number of rotatable bonds is 4. The number of carbonyl (C=O) groups excluding carboxylic acids is 1. The van der Waals surface area contributed by atoms with Gasteiger partial charge in [0.15, 0.2) is 0 Å². The molecule has 152 valence electrons. The molecule has 4 rings (SSSR count). The van der Waals surface area contributed by atoms with E-state index in [0.717, 1.165) is 42.3 Å². The van der Waals surface area contributed by atoms with Crippen molar-refractivity contribution in [2.45, 2.75) is 84.6 Å². The van der Waals surface area contributed by atoms with Crippen LogP contribution in [0.5, 0.6) is 0 Å². The molecule has 0 bridgehead atoms. The number of thiophene rings is 1. The van der Waals surface area contributed by atoms with Gasteiger partial charge >= 0.3 is 0 Å². The average Bonchev–Trinajstić information content (AvgIpc) is 3.25. The number of nitrogens with zero attached hydrogens (tertiary/aromatic N) is 1. The first-order chi connectivity index (χ1) is 13.3. The minimum Gasteiger partial charge on any atom is -0.353 e. The second-order valence-corrected chi connectivity index (χ2v) is 10.6. The zero-order valence-electron chi connectivity index (χ0n) is 17.2. The molecule has 0 spiro atoms. The molecule has 2 aromatic heterocycles. The Morgan fingerprint density at radius 2 is 2.00 bits per heavy atom. The third kappa shape index (κ3) is 4.02. The largest absolute Gasteiger partial charge is 0.353 e. The van der Waals surface area contributed by atoms with Crippen LogP contribution in [0, 0.1) is 11.3 Å². The molecule has 0 unspecified atom stereocenters. The van der Waals surface area contributed by atoms with Gasteiger partial charge in [-0.2, -0.15) is 0 Å². The monoisotopic (exact) mass is 401 g/mol. The molecule has 5 nitrogen and oxygen atoms in total. The van der Waals surface area contributed by atoms with E-state index in [4.69, 9.17) is 4.98 Å². The van der Waals surface area contributed by atoms with E-state index in [1.807, 2.05) is 0 Å². The first-order valence-electron chi connectivity index (χ1n) is 10.6. The summed E-state index contributed by atoms with van der Waals surface area (Å²) < 4.78 is 0. The molecular weight excluding hydrogens is 370 g/mol. The number of amides is 1. The maximum Gasteiger partial charge on any atom is 0.259 e. The van der Waals surface area contributed by atoms with Crippen LogP contribution in [0.4, 0.5) is 0 Å². The normalized spacial score (nSPS) is 20.5. The first kappa shape index (κ1) is 19.6. The third-order valence-corrected chi connectivity index (χ3v) is 7.65. The molecule has 2 N–H and O–H groups in total. The second-order valence-electron chi connectivity index (χ2n) is 9.55. The average molecular weight is 402 g/mol. The smallest absolute Gasteiger partial charge is 0.259 e. The maximum atomic E-state index is 12.7. The summed E-state index contributed by atoms with van der Waals surface area (Å²) in [7, 11) is 0. The maximum absolute atomic E-state index is 12.7. The lowest BCUT2D eigenvalue weighted by Gasteiger charge is -2.33. The molecule has 1 fully saturated rings. The molecule has 0 aliphatic heterocycles. The number of H-pyrrole nitrogens is 1.